The Hall–Kier alpha value is -0.120. The van der Waals surface area contributed by atoms with E-state index in [9.17, 15) is 0 Å². The van der Waals surface area contributed by atoms with Crippen molar-refractivity contribution in [3.05, 3.63) is 0 Å². The molecule has 0 aliphatic carbocycles. The summed E-state index contributed by atoms with van der Waals surface area (Å²) >= 11 is 0. The summed E-state index contributed by atoms with van der Waals surface area (Å²) < 4.78 is 5.27. The van der Waals surface area contributed by atoms with E-state index in [1.807, 2.05) is 7.05 Å². The van der Waals surface area contributed by atoms with Gasteiger partial charge in [0.1, 0.15) is 0 Å². The largest absolute Gasteiger partial charge is 0.383 e. The van der Waals surface area contributed by atoms with Crippen molar-refractivity contribution in [1.82, 2.24) is 10.2 Å². The predicted molar refractivity (Wildman–Crippen MR) is 66.3 cm³/mol. The van der Waals surface area contributed by atoms with E-state index >= 15 is 0 Å². The fourth-order valence-electron chi connectivity index (χ4n) is 1.79. The molecule has 0 aliphatic heterocycles. The van der Waals surface area contributed by atoms with Crippen LogP contribution >= 0.6 is 0 Å². The lowest BCUT2D eigenvalue weighted by molar-refractivity contribution is 0.0839. The van der Waals surface area contributed by atoms with Gasteiger partial charge in [0.05, 0.1) is 6.61 Å². The zero-order chi connectivity index (χ0) is 11.7. The van der Waals surface area contributed by atoms with Gasteiger partial charge < -0.3 is 10.1 Å². The molecule has 0 bridgehead atoms. The molecule has 0 rings (SSSR count). The highest BCUT2D eigenvalue weighted by atomic mass is 16.5. The lowest BCUT2D eigenvalue weighted by atomic mass is 10.1. The third-order valence-corrected chi connectivity index (χ3v) is 2.96. The molecule has 1 N–H and O–H groups in total. The Morgan fingerprint density at radius 2 is 2.00 bits per heavy atom. The Bertz CT molecular complexity index is 136. The van der Waals surface area contributed by atoms with Crippen molar-refractivity contribution in [2.45, 2.75) is 33.2 Å². The summed E-state index contributed by atoms with van der Waals surface area (Å²) in [6.45, 7) is 10.9. The number of hydrogen-bond donors (Lipinski definition) is 1. The average Bonchev–Trinajstić information content (AvgIpc) is 2.25. The molecule has 15 heavy (non-hydrogen) atoms. The summed E-state index contributed by atoms with van der Waals surface area (Å²) in [5, 5.41) is 3.24. The average molecular weight is 216 g/mol. The molecule has 0 saturated carbocycles. The molecule has 0 fully saturated rings. The van der Waals surface area contributed by atoms with Crippen LogP contribution in [0.3, 0.4) is 0 Å². The first-order chi connectivity index (χ1) is 7.19. The summed E-state index contributed by atoms with van der Waals surface area (Å²) in [7, 11) is 3.78. The van der Waals surface area contributed by atoms with Crippen molar-refractivity contribution in [2.24, 2.45) is 5.92 Å². The minimum atomic E-state index is 0.499. The Morgan fingerprint density at radius 3 is 2.40 bits per heavy atom. The summed E-state index contributed by atoms with van der Waals surface area (Å²) in [6, 6.07) is 0.499. The highest BCUT2D eigenvalue weighted by molar-refractivity contribution is 4.73. The van der Waals surface area contributed by atoms with Crippen molar-refractivity contribution in [1.29, 1.82) is 0 Å². The van der Waals surface area contributed by atoms with Crippen LogP contribution in [0.4, 0.5) is 0 Å². The molecule has 0 saturated heterocycles. The molecular formula is C12H28N2O. The highest BCUT2D eigenvalue weighted by Crippen LogP contribution is 2.08. The third kappa shape index (κ3) is 6.13. The fraction of sp³-hybridized carbons (Fsp3) is 1.00. The van der Waals surface area contributed by atoms with Gasteiger partial charge in [0.2, 0.25) is 0 Å². The summed E-state index contributed by atoms with van der Waals surface area (Å²) in [4.78, 5) is 2.51. The van der Waals surface area contributed by atoms with E-state index in [1.54, 1.807) is 7.11 Å². The number of hydrogen-bond acceptors (Lipinski definition) is 3. The Labute approximate surface area is 95.2 Å². The molecule has 0 radical (unpaired) electrons. The van der Waals surface area contributed by atoms with Gasteiger partial charge in [-0.15, -0.1) is 0 Å². The second-order valence-corrected chi connectivity index (χ2v) is 4.27. The number of methoxy groups -OCH3 is 1. The van der Waals surface area contributed by atoms with Crippen LogP contribution in [0.15, 0.2) is 0 Å². The SMILES string of the molecule is CCC(C)CN(CC)C(CNC)COC. The molecule has 0 aliphatic rings. The van der Waals surface area contributed by atoms with Gasteiger partial charge in [-0.3, -0.25) is 4.90 Å². The summed E-state index contributed by atoms with van der Waals surface area (Å²) in [6.07, 6.45) is 1.25. The van der Waals surface area contributed by atoms with E-state index in [4.69, 9.17) is 4.74 Å². The van der Waals surface area contributed by atoms with E-state index in [0.29, 0.717) is 6.04 Å². The molecule has 0 spiro atoms. The molecular weight excluding hydrogens is 188 g/mol. The Morgan fingerprint density at radius 1 is 1.33 bits per heavy atom. The molecule has 3 heteroatoms. The van der Waals surface area contributed by atoms with Gasteiger partial charge in [-0.05, 0) is 19.5 Å². The number of likely N-dealkylation sites (N-methyl/N-ethyl adjacent to an activating group) is 2. The van der Waals surface area contributed by atoms with Crippen LogP contribution < -0.4 is 5.32 Å². The van der Waals surface area contributed by atoms with Crippen molar-refractivity contribution in [3.8, 4) is 0 Å². The van der Waals surface area contributed by atoms with Gasteiger partial charge in [0, 0.05) is 26.2 Å². The van der Waals surface area contributed by atoms with Crippen LogP contribution in [0.5, 0.6) is 0 Å². The van der Waals surface area contributed by atoms with E-state index in [1.165, 1.54) is 13.0 Å². The zero-order valence-corrected chi connectivity index (χ0v) is 11.0. The van der Waals surface area contributed by atoms with Gasteiger partial charge in [-0.25, -0.2) is 0 Å². The second-order valence-electron chi connectivity index (χ2n) is 4.27. The lowest BCUT2D eigenvalue weighted by Gasteiger charge is -2.32. The lowest BCUT2D eigenvalue weighted by Crippen LogP contribution is -2.46. The fourth-order valence-corrected chi connectivity index (χ4v) is 1.79. The molecule has 0 amide bonds. The smallest absolute Gasteiger partial charge is 0.0630 e. The molecule has 3 nitrogen and oxygen atoms in total. The van der Waals surface area contributed by atoms with Crippen molar-refractivity contribution in [3.63, 3.8) is 0 Å². The summed E-state index contributed by atoms with van der Waals surface area (Å²) in [5.41, 5.74) is 0. The van der Waals surface area contributed by atoms with Gasteiger partial charge in [0.25, 0.3) is 0 Å². The maximum Gasteiger partial charge on any atom is 0.0630 e. The number of nitrogens with one attached hydrogen (secondary N) is 1. The molecule has 92 valence electrons. The topological polar surface area (TPSA) is 24.5 Å². The van der Waals surface area contributed by atoms with Crippen LogP contribution in [0, 0.1) is 5.92 Å². The molecule has 0 heterocycles. The van der Waals surface area contributed by atoms with E-state index < -0.39 is 0 Å². The first-order valence-corrected chi connectivity index (χ1v) is 6.07. The first kappa shape index (κ1) is 14.9. The van der Waals surface area contributed by atoms with Crippen LogP contribution in [-0.2, 0) is 4.74 Å². The van der Waals surface area contributed by atoms with Crippen LogP contribution in [0.1, 0.15) is 27.2 Å². The van der Waals surface area contributed by atoms with E-state index in [-0.39, 0.29) is 0 Å². The number of rotatable bonds is 9. The van der Waals surface area contributed by atoms with Crippen molar-refractivity contribution < 1.29 is 4.74 Å². The van der Waals surface area contributed by atoms with E-state index in [0.717, 1.165) is 25.6 Å². The summed E-state index contributed by atoms with van der Waals surface area (Å²) in [5.74, 6) is 0.765. The normalized spacial score (nSPS) is 15.6. The minimum absolute atomic E-state index is 0.499. The first-order valence-electron chi connectivity index (χ1n) is 6.07. The minimum Gasteiger partial charge on any atom is -0.383 e. The monoisotopic (exact) mass is 216 g/mol. The van der Waals surface area contributed by atoms with Crippen LogP contribution in [0.25, 0.3) is 0 Å². The van der Waals surface area contributed by atoms with Crippen molar-refractivity contribution >= 4 is 0 Å². The van der Waals surface area contributed by atoms with Crippen LogP contribution in [0.2, 0.25) is 0 Å². The molecule has 0 aromatic heterocycles. The highest BCUT2D eigenvalue weighted by Gasteiger charge is 2.17. The molecule has 0 aromatic rings. The maximum absolute atomic E-state index is 5.27. The number of ether oxygens (including phenoxy) is 1. The van der Waals surface area contributed by atoms with Crippen molar-refractivity contribution in [2.75, 3.05) is 40.4 Å². The second kappa shape index (κ2) is 9.13. The molecule has 2 unspecified atom stereocenters. The van der Waals surface area contributed by atoms with Crippen LogP contribution in [-0.4, -0.2) is 51.3 Å². The standard InChI is InChI=1S/C12H28N2O/c1-6-11(3)9-14(7-2)12(8-13-4)10-15-5/h11-13H,6-10H2,1-5H3. The number of nitrogens with zero attached hydrogens (tertiary/aromatic N) is 1. The van der Waals surface area contributed by atoms with Gasteiger partial charge >= 0.3 is 0 Å². The third-order valence-electron chi connectivity index (χ3n) is 2.96. The Balaban J connectivity index is 4.16. The van der Waals surface area contributed by atoms with Gasteiger partial charge in [0.15, 0.2) is 0 Å². The molecule has 0 aromatic carbocycles. The molecule has 2 atom stereocenters. The zero-order valence-electron chi connectivity index (χ0n) is 11.0. The predicted octanol–water partition coefficient (Wildman–Crippen LogP) is 1.59. The Kier molecular flexibility index (Phi) is 9.06. The maximum atomic E-state index is 5.27. The quantitative estimate of drug-likeness (QED) is 0.633. The van der Waals surface area contributed by atoms with E-state index in [2.05, 4.69) is 31.0 Å². The van der Waals surface area contributed by atoms with Gasteiger partial charge in [-0.2, -0.15) is 0 Å². The van der Waals surface area contributed by atoms with Gasteiger partial charge in [-0.1, -0.05) is 27.2 Å².